The largest absolute Gasteiger partial charge is 0.497 e. The average molecular weight is 481 g/mol. The highest BCUT2D eigenvalue weighted by atomic mass is 32.1. The summed E-state index contributed by atoms with van der Waals surface area (Å²) in [5.74, 6) is 0.298. The van der Waals surface area contributed by atoms with Gasteiger partial charge >= 0.3 is 0 Å². The Kier molecular flexibility index (Phi) is 5.82. The second kappa shape index (κ2) is 9.08. The lowest BCUT2D eigenvalue weighted by atomic mass is 10.1. The molecule has 0 saturated carbocycles. The molecule has 0 bridgehead atoms. The van der Waals surface area contributed by atoms with Crippen molar-refractivity contribution in [2.45, 2.75) is 0 Å². The number of hydrogen-bond acceptors (Lipinski definition) is 9. The third-order valence-electron chi connectivity index (χ3n) is 5.46. The maximum Gasteiger partial charge on any atom is 0.293 e. The fourth-order valence-corrected chi connectivity index (χ4v) is 4.60. The van der Waals surface area contributed by atoms with Gasteiger partial charge in [-0.3, -0.25) is 20.2 Å². The van der Waals surface area contributed by atoms with E-state index in [-0.39, 0.29) is 17.2 Å². The molecule has 1 fully saturated rings. The van der Waals surface area contributed by atoms with Gasteiger partial charge in [0.25, 0.3) is 17.5 Å². The van der Waals surface area contributed by atoms with Crippen molar-refractivity contribution >= 4 is 39.5 Å². The Morgan fingerprint density at radius 2 is 2.06 bits per heavy atom. The molecule has 34 heavy (non-hydrogen) atoms. The molecule has 0 unspecified atom stereocenters. The van der Waals surface area contributed by atoms with Gasteiger partial charge in [-0.05, 0) is 24.3 Å². The van der Waals surface area contributed by atoms with Crippen molar-refractivity contribution in [3.63, 3.8) is 0 Å². The van der Waals surface area contributed by atoms with Gasteiger partial charge in [0.05, 0.1) is 30.9 Å². The molecule has 1 N–H and O–H groups in total. The van der Waals surface area contributed by atoms with E-state index in [0.29, 0.717) is 42.7 Å². The van der Waals surface area contributed by atoms with Gasteiger partial charge in [0.1, 0.15) is 11.4 Å². The number of anilines is 2. The van der Waals surface area contributed by atoms with Gasteiger partial charge in [-0.1, -0.05) is 12.1 Å². The SMILES string of the molecule is COc1cccc(-c2csc3nc(NC(=O)c4ccc(N5CCOCC5)c([N+](=O)[O-])c4)nn23)c1. The van der Waals surface area contributed by atoms with Crippen LogP contribution in [0.3, 0.4) is 0 Å². The van der Waals surface area contributed by atoms with Crippen LogP contribution in [0.1, 0.15) is 10.4 Å². The van der Waals surface area contributed by atoms with Crippen molar-refractivity contribution in [3.8, 4) is 17.0 Å². The molecule has 1 saturated heterocycles. The maximum absolute atomic E-state index is 12.8. The summed E-state index contributed by atoms with van der Waals surface area (Å²) in [4.78, 5) is 30.9. The topological polar surface area (TPSA) is 124 Å². The number of morpholine rings is 1. The number of nitro groups is 1. The van der Waals surface area contributed by atoms with Crippen molar-refractivity contribution in [2.75, 3.05) is 43.6 Å². The molecule has 0 radical (unpaired) electrons. The van der Waals surface area contributed by atoms with Crippen molar-refractivity contribution in [3.05, 3.63) is 63.5 Å². The summed E-state index contributed by atoms with van der Waals surface area (Å²) >= 11 is 1.38. The molecule has 4 aromatic rings. The molecule has 1 aliphatic rings. The van der Waals surface area contributed by atoms with E-state index in [2.05, 4.69) is 15.4 Å². The van der Waals surface area contributed by atoms with Crippen LogP contribution in [0.15, 0.2) is 47.8 Å². The second-order valence-corrected chi connectivity index (χ2v) is 8.33. The van der Waals surface area contributed by atoms with E-state index in [1.54, 1.807) is 23.8 Å². The minimum absolute atomic E-state index is 0.112. The van der Waals surface area contributed by atoms with Crippen molar-refractivity contribution in [1.82, 2.24) is 14.6 Å². The fourth-order valence-electron chi connectivity index (χ4n) is 3.77. The summed E-state index contributed by atoms with van der Waals surface area (Å²) < 4.78 is 12.2. The number of thiazole rings is 1. The first-order valence-electron chi connectivity index (χ1n) is 10.4. The van der Waals surface area contributed by atoms with Crippen LogP contribution >= 0.6 is 11.3 Å². The number of carbonyl (C=O) groups is 1. The first-order chi connectivity index (χ1) is 16.5. The molecule has 2 aromatic carbocycles. The number of aromatic nitrogens is 3. The molecular weight excluding hydrogens is 460 g/mol. The highest BCUT2D eigenvalue weighted by Crippen LogP contribution is 2.31. The number of methoxy groups -OCH3 is 1. The van der Waals surface area contributed by atoms with Crippen LogP contribution in [-0.2, 0) is 4.74 Å². The average Bonchev–Trinajstić information content (AvgIpc) is 3.44. The number of hydrogen-bond donors (Lipinski definition) is 1. The lowest BCUT2D eigenvalue weighted by Gasteiger charge is -2.28. The summed E-state index contributed by atoms with van der Waals surface area (Å²) in [6.45, 7) is 2.11. The number of nitro benzene ring substituents is 1. The van der Waals surface area contributed by atoms with Crippen LogP contribution in [0.2, 0.25) is 0 Å². The van der Waals surface area contributed by atoms with E-state index < -0.39 is 10.8 Å². The normalized spacial score (nSPS) is 13.7. The summed E-state index contributed by atoms with van der Waals surface area (Å²) in [5.41, 5.74) is 2.18. The molecule has 1 amide bonds. The van der Waals surface area contributed by atoms with E-state index in [9.17, 15) is 14.9 Å². The number of nitrogens with one attached hydrogen (secondary N) is 1. The summed E-state index contributed by atoms with van der Waals surface area (Å²) in [6.07, 6.45) is 0. The predicted octanol–water partition coefficient (Wildman–Crippen LogP) is 3.46. The van der Waals surface area contributed by atoms with Gasteiger partial charge in [-0.15, -0.1) is 16.4 Å². The monoisotopic (exact) mass is 480 g/mol. The molecule has 1 aliphatic heterocycles. The zero-order valence-corrected chi connectivity index (χ0v) is 18.9. The highest BCUT2D eigenvalue weighted by Gasteiger charge is 2.24. The van der Waals surface area contributed by atoms with Crippen molar-refractivity contribution in [2.24, 2.45) is 0 Å². The van der Waals surface area contributed by atoms with E-state index in [0.717, 1.165) is 11.3 Å². The smallest absolute Gasteiger partial charge is 0.293 e. The summed E-state index contributed by atoms with van der Waals surface area (Å²) in [7, 11) is 1.60. The van der Waals surface area contributed by atoms with Gasteiger partial charge in [0, 0.05) is 35.7 Å². The molecule has 174 valence electrons. The number of carbonyl (C=O) groups excluding carboxylic acids is 1. The van der Waals surface area contributed by atoms with Gasteiger partial charge in [0.2, 0.25) is 4.96 Å². The minimum Gasteiger partial charge on any atom is -0.497 e. The Labute approximate surface area is 197 Å². The number of fused-ring (bicyclic) bond motifs is 1. The van der Waals surface area contributed by atoms with Gasteiger partial charge < -0.3 is 14.4 Å². The molecule has 3 heterocycles. The molecule has 5 rings (SSSR count). The van der Waals surface area contributed by atoms with Crippen LogP contribution in [0.4, 0.5) is 17.3 Å². The molecule has 11 nitrogen and oxygen atoms in total. The van der Waals surface area contributed by atoms with E-state index in [1.807, 2.05) is 34.5 Å². The summed E-state index contributed by atoms with van der Waals surface area (Å²) in [6, 6.07) is 12.0. The second-order valence-electron chi connectivity index (χ2n) is 7.50. The Hall–Kier alpha value is -4.03. The molecule has 0 aliphatic carbocycles. The Bertz CT molecular complexity index is 1380. The lowest BCUT2D eigenvalue weighted by Crippen LogP contribution is -2.36. The van der Waals surface area contributed by atoms with Crippen LogP contribution < -0.4 is 15.0 Å². The first kappa shape index (κ1) is 21.8. The number of ether oxygens (including phenoxy) is 2. The highest BCUT2D eigenvalue weighted by molar-refractivity contribution is 7.15. The zero-order chi connectivity index (χ0) is 23.7. The van der Waals surface area contributed by atoms with E-state index in [1.165, 1.54) is 17.4 Å². The molecule has 0 spiro atoms. The van der Waals surface area contributed by atoms with Crippen molar-refractivity contribution in [1.29, 1.82) is 0 Å². The predicted molar refractivity (Wildman–Crippen MR) is 127 cm³/mol. The first-order valence-corrected chi connectivity index (χ1v) is 11.3. The fraction of sp³-hybridized carbons (Fsp3) is 0.227. The standard InChI is InChI=1S/C22H20N6O5S/c1-32-16-4-2-3-14(11-16)19-13-34-22-24-21(25-27(19)22)23-20(29)15-5-6-17(18(12-15)28(30)31)26-7-9-33-10-8-26/h2-6,11-13H,7-10H2,1H3,(H,23,25,29). The van der Waals surface area contributed by atoms with Crippen molar-refractivity contribution < 1.29 is 19.2 Å². The van der Waals surface area contributed by atoms with Crippen LogP contribution in [0.5, 0.6) is 5.75 Å². The van der Waals surface area contributed by atoms with E-state index in [4.69, 9.17) is 9.47 Å². The Morgan fingerprint density at radius 3 is 2.82 bits per heavy atom. The number of rotatable bonds is 6. The molecular formula is C22H20N6O5S. The number of benzene rings is 2. The van der Waals surface area contributed by atoms with Gasteiger partial charge in [-0.25, -0.2) is 4.52 Å². The molecule has 12 heteroatoms. The van der Waals surface area contributed by atoms with Crippen LogP contribution in [0, 0.1) is 10.1 Å². The van der Waals surface area contributed by atoms with Gasteiger partial charge in [-0.2, -0.15) is 4.98 Å². The number of nitrogens with zero attached hydrogens (tertiary/aromatic N) is 5. The third-order valence-corrected chi connectivity index (χ3v) is 6.27. The number of amides is 1. The Balaban J connectivity index is 1.40. The molecule has 2 aromatic heterocycles. The van der Waals surface area contributed by atoms with E-state index >= 15 is 0 Å². The third kappa shape index (κ3) is 4.16. The van der Waals surface area contributed by atoms with Crippen LogP contribution in [-0.4, -0.2) is 58.8 Å². The Morgan fingerprint density at radius 1 is 1.24 bits per heavy atom. The zero-order valence-electron chi connectivity index (χ0n) is 18.1. The molecule has 0 atom stereocenters. The minimum atomic E-state index is -0.530. The van der Waals surface area contributed by atoms with Crippen LogP contribution in [0.25, 0.3) is 16.2 Å². The quantitative estimate of drug-likeness (QED) is 0.329. The van der Waals surface area contributed by atoms with Gasteiger partial charge in [0.15, 0.2) is 0 Å². The maximum atomic E-state index is 12.8. The lowest BCUT2D eigenvalue weighted by molar-refractivity contribution is -0.384. The summed E-state index contributed by atoms with van der Waals surface area (Å²) in [5, 5.41) is 20.6.